The maximum atomic E-state index is 12.5. The number of carbonyl (C=O) groups is 2. The average Bonchev–Trinajstić information content (AvgIpc) is 3.32. The van der Waals surface area contributed by atoms with Gasteiger partial charge in [-0.05, 0) is 36.4 Å². The lowest BCUT2D eigenvalue weighted by molar-refractivity contribution is -0.122. The van der Waals surface area contributed by atoms with Crippen LogP contribution in [0.4, 0.5) is 28.9 Å². The minimum Gasteiger partial charge on any atom is -0.326 e. The smallest absolute Gasteiger partial charge is 0.288 e. The number of hydrogen-bond acceptors (Lipinski definition) is 4. The summed E-state index contributed by atoms with van der Waals surface area (Å²) in [7, 11) is 0. The van der Waals surface area contributed by atoms with Gasteiger partial charge in [0.15, 0.2) is 0 Å². The number of carbonyl (C=O) groups excluding carboxylic acids is 2. The topological polar surface area (TPSA) is 58.2 Å². The predicted molar refractivity (Wildman–Crippen MR) is 110 cm³/mol. The third-order valence-electron chi connectivity index (χ3n) is 4.24. The van der Waals surface area contributed by atoms with Gasteiger partial charge in [0.2, 0.25) is 11.8 Å². The quantitative estimate of drug-likeness (QED) is 0.304. The van der Waals surface area contributed by atoms with Gasteiger partial charge in [-0.25, -0.2) is 0 Å². The molecule has 1 saturated carbocycles. The van der Waals surface area contributed by atoms with Crippen LogP contribution in [0.3, 0.4) is 0 Å². The van der Waals surface area contributed by atoms with Crippen LogP contribution in [0.5, 0.6) is 0 Å². The van der Waals surface area contributed by atoms with E-state index in [1.165, 1.54) is 36.4 Å². The molecule has 10 heteroatoms. The minimum atomic E-state index is -2.58. The van der Waals surface area contributed by atoms with E-state index in [1.54, 1.807) is 12.1 Å². The molecular formula is C20H16F4N2O2S2. The fraction of sp³-hybridized carbons (Fsp3) is 0.200. The molecule has 0 bridgehead atoms. The zero-order chi connectivity index (χ0) is 21.8. The molecule has 158 valence electrons. The molecule has 0 aromatic heterocycles. The van der Waals surface area contributed by atoms with Gasteiger partial charge in [0, 0.05) is 21.2 Å². The van der Waals surface area contributed by atoms with Crippen molar-refractivity contribution >= 4 is 46.7 Å². The van der Waals surface area contributed by atoms with Gasteiger partial charge < -0.3 is 10.6 Å². The van der Waals surface area contributed by atoms with Crippen molar-refractivity contribution in [2.24, 2.45) is 11.8 Å². The normalized spacial score (nSPS) is 17.9. The fourth-order valence-electron chi connectivity index (χ4n) is 2.89. The lowest BCUT2D eigenvalue weighted by Crippen LogP contribution is -2.20. The Morgan fingerprint density at radius 1 is 0.800 bits per heavy atom. The third kappa shape index (κ3) is 5.79. The number of thioether (sulfide) groups is 2. The zero-order valence-electron chi connectivity index (χ0n) is 15.3. The summed E-state index contributed by atoms with van der Waals surface area (Å²) in [6.07, 6.45) is 0. The Morgan fingerprint density at radius 2 is 1.20 bits per heavy atom. The zero-order valence-corrected chi connectivity index (χ0v) is 16.9. The van der Waals surface area contributed by atoms with Crippen LogP contribution in [-0.4, -0.2) is 23.3 Å². The monoisotopic (exact) mass is 456 g/mol. The van der Waals surface area contributed by atoms with Crippen LogP contribution in [0.1, 0.15) is 0 Å². The molecule has 2 unspecified atom stereocenters. The summed E-state index contributed by atoms with van der Waals surface area (Å²) in [4.78, 5) is 25.5. The molecule has 1 aliphatic carbocycles. The highest BCUT2D eigenvalue weighted by atomic mass is 32.2. The molecule has 4 nitrogen and oxygen atoms in total. The summed E-state index contributed by atoms with van der Waals surface area (Å²) in [5, 5.41) is 5.21. The summed E-state index contributed by atoms with van der Waals surface area (Å²) < 4.78 is 50.0. The molecule has 0 spiro atoms. The highest BCUT2D eigenvalue weighted by molar-refractivity contribution is 7.99. The van der Waals surface area contributed by atoms with Crippen molar-refractivity contribution in [3.05, 3.63) is 60.7 Å². The number of hydrogen-bond donors (Lipinski definition) is 2. The summed E-state index contributed by atoms with van der Waals surface area (Å²) in [5.41, 5.74) is 1.09. The van der Waals surface area contributed by atoms with E-state index in [0.29, 0.717) is 50.3 Å². The second-order valence-electron chi connectivity index (χ2n) is 6.32. The van der Waals surface area contributed by atoms with Crippen LogP contribution in [-0.2, 0) is 9.59 Å². The largest absolute Gasteiger partial charge is 0.326 e. The highest BCUT2D eigenvalue weighted by Crippen LogP contribution is 2.46. The van der Waals surface area contributed by atoms with Crippen LogP contribution < -0.4 is 10.6 Å². The minimum absolute atomic E-state index is 0.299. The van der Waals surface area contributed by atoms with Gasteiger partial charge in [0.05, 0.1) is 11.8 Å². The van der Waals surface area contributed by atoms with E-state index in [2.05, 4.69) is 17.2 Å². The Morgan fingerprint density at radius 3 is 1.57 bits per heavy atom. The number of alkyl halides is 4. The van der Waals surface area contributed by atoms with Gasteiger partial charge in [0.1, 0.15) is 0 Å². The van der Waals surface area contributed by atoms with E-state index in [4.69, 9.17) is 0 Å². The molecule has 0 aliphatic heterocycles. The summed E-state index contributed by atoms with van der Waals surface area (Å²) in [6, 6.07) is 12.0. The Kier molecular flexibility index (Phi) is 7.09. The molecule has 0 saturated heterocycles. The molecular weight excluding hydrogens is 440 g/mol. The van der Waals surface area contributed by atoms with Crippen LogP contribution in [0.15, 0.2) is 70.5 Å². The second-order valence-corrected chi connectivity index (χ2v) is 8.45. The van der Waals surface area contributed by atoms with E-state index >= 15 is 0 Å². The lowest BCUT2D eigenvalue weighted by Gasteiger charge is -2.08. The molecule has 3 rings (SSSR count). The van der Waals surface area contributed by atoms with Crippen LogP contribution in [0.2, 0.25) is 0 Å². The summed E-state index contributed by atoms with van der Waals surface area (Å²) in [6.45, 7) is 3.74. The van der Waals surface area contributed by atoms with Crippen molar-refractivity contribution in [2.45, 2.75) is 21.3 Å². The van der Waals surface area contributed by atoms with Gasteiger partial charge in [0.25, 0.3) is 11.5 Å². The summed E-state index contributed by atoms with van der Waals surface area (Å²) in [5.74, 6) is -7.61. The fourth-order valence-corrected chi connectivity index (χ4v) is 4.01. The van der Waals surface area contributed by atoms with Crippen molar-refractivity contribution < 1.29 is 27.2 Å². The Bertz CT molecular complexity index is 896. The van der Waals surface area contributed by atoms with Crippen LogP contribution in [0.25, 0.3) is 0 Å². The van der Waals surface area contributed by atoms with Gasteiger partial charge in [-0.15, -0.1) is 0 Å². The standard InChI is InChI=1S/C20H16F4N2O2S2/c1-10-15(17(27)25-11-4-2-6-13(8-11)29-19(21)22)16(10)18(28)26-12-5-3-7-14(9-12)30-20(23)24/h2-9,15-16,19-20H,1H2,(H,25,27)(H,26,28). The van der Waals surface area contributed by atoms with E-state index in [0.717, 1.165) is 0 Å². The van der Waals surface area contributed by atoms with Gasteiger partial charge in [-0.1, -0.05) is 47.8 Å². The highest BCUT2D eigenvalue weighted by Gasteiger charge is 2.52. The number of benzene rings is 2. The molecule has 1 fully saturated rings. The molecule has 2 aromatic carbocycles. The number of nitrogens with one attached hydrogen (secondary N) is 2. The predicted octanol–water partition coefficient (Wildman–Crippen LogP) is 5.70. The number of amides is 2. The van der Waals surface area contributed by atoms with E-state index < -0.39 is 35.2 Å². The van der Waals surface area contributed by atoms with Crippen LogP contribution in [0, 0.1) is 11.8 Å². The number of anilines is 2. The first-order valence-corrected chi connectivity index (χ1v) is 10.4. The number of rotatable bonds is 8. The lowest BCUT2D eigenvalue weighted by atomic mass is 10.2. The molecule has 2 atom stereocenters. The molecule has 2 N–H and O–H groups in total. The Balaban J connectivity index is 1.60. The van der Waals surface area contributed by atoms with Gasteiger partial charge in [-0.3, -0.25) is 9.59 Å². The van der Waals surface area contributed by atoms with Crippen molar-refractivity contribution in [1.29, 1.82) is 0 Å². The molecule has 30 heavy (non-hydrogen) atoms. The second kappa shape index (κ2) is 9.57. The first-order chi connectivity index (χ1) is 14.2. The number of halogens is 4. The first-order valence-electron chi connectivity index (χ1n) is 8.65. The van der Waals surface area contributed by atoms with E-state index in [-0.39, 0.29) is 0 Å². The molecule has 2 amide bonds. The molecule has 2 aromatic rings. The van der Waals surface area contributed by atoms with E-state index in [9.17, 15) is 27.2 Å². The van der Waals surface area contributed by atoms with Crippen LogP contribution >= 0.6 is 23.5 Å². The first kappa shape index (κ1) is 22.2. The SMILES string of the molecule is C=C1C(C(=O)Nc2cccc(SC(F)F)c2)C1C(=O)Nc1cccc(SC(F)F)c1. The van der Waals surface area contributed by atoms with Crippen molar-refractivity contribution in [1.82, 2.24) is 0 Å². The molecule has 0 radical (unpaired) electrons. The third-order valence-corrected chi connectivity index (χ3v) is 5.65. The summed E-state index contributed by atoms with van der Waals surface area (Å²) >= 11 is 0.721. The Hall–Kier alpha value is -2.46. The van der Waals surface area contributed by atoms with Crippen molar-refractivity contribution in [3.63, 3.8) is 0 Å². The Labute approximate surface area is 178 Å². The van der Waals surface area contributed by atoms with Crippen molar-refractivity contribution in [3.8, 4) is 0 Å². The average molecular weight is 456 g/mol. The van der Waals surface area contributed by atoms with Crippen molar-refractivity contribution in [2.75, 3.05) is 10.6 Å². The van der Waals surface area contributed by atoms with E-state index in [1.807, 2.05) is 0 Å². The maximum absolute atomic E-state index is 12.5. The van der Waals surface area contributed by atoms with Gasteiger partial charge >= 0.3 is 0 Å². The maximum Gasteiger partial charge on any atom is 0.288 e. The molecule has 1 aliphatic rings. The van der Waals surface area contributed by atoms with Gasteiger partial charge in [-0.2, -0.15) is 17.6 Å². The molecule has 0 heterocycles.